The SMILES string of the molecule is NC[C@@H]1C[C@H]2CN(C(=O)[C@@H]3NC[C@@H]4CCC[C@@H]43)C[C@@H]12. The van der Waals surface area contributed by atoms with Gasteiger partial charge in [0, 0.05) is 13.1 Å². The molecule has 4 heteroatoms. The molecule has 0 radical (unpaired) electrons. The average molecular weight is 263 g/mol. The van der Waals surface area contributed by atoms with E-state index >= 15 is 0 Å². The molecule has 2 heterocycles. The van der Waals surface area contributed by atoms with Crippen LogP contribution in [0.25, 0.3) is 0 Å². The van der Waals surface area contributed by atoms with Gasteiger partial charge < -0.3 is 16.0 Å². The van der Waals surface area contributed by atoms with Crippen LogP contribution in [0.5, 0.6) is 0 Å². The van der Waals surface area contributed by atoms with Crippen LogP contribution < -0.4 is 11.1 Å². The maximum absolute atomic E-state index is 12.7. The summed E-state index contributed by atoms with van der Waals surface area (Å²) in [6.45, 7) is 3.83. The zero-order valence-corrected chi connectivity index (χ0v) is 11.6. The van der Waals surface area contributed by atoms with E-state index in [-0.39, 0.29) is 6.04 Å². The molecule has 0 bridgehead atoms. The first-order valence-electron chi connectivity index (χ1n) is 8.00. The molecule has 4 aliphatic rings. The van der Waals surface area contributed by atoms with Crippen LogP contribution in [0.3, 0.4) is 0 Å². The minimum absolute atomic E-state index is 0.126. The van der Waals surface area contributed by atoms with Crippen molar-refractivity contribution in [2.24, 2.45) is 35.3 Å². The van der Waals surface area contributed by atoms with Crippen molar-refractivity contribution in [2.45, 2.75) is 31.7 Å². The van der Waals surface area contributed by atoms with Crippen molar-refractivity contribution in [1.82, 2.24) is 10.2 Å². The molecule has 2 saturated heterocycles. The van der Waals surface area contributed by atoms with E-state index in [2.05, 4.69) is 10.2 Å². The first-order chi connectivity index (χ1) is 9.28. The molecule has 0 aromatic rings. The second kappa shape index (κ2) is 4.45. The Labute approximate surface area is 115 Å². The summed E-state index contributed by atoms with van der Waals surface area (Å²) in [6, 6.07) is 0.126. The highest BCUT2D eigenvalue weighted by Crippen LogP contribution is 2.46. The quantitative estimate of drug-likeness (QED) is 0.759. The lowest BCUT2D eigenvalue weighted by Gasteiger charge is -2.38. The maximum atomic E-state index is 12.7. The molecule has 106 valence electrons. The van der Waals surface area contributed by atoms with Crippen molar-refractivity contribution in [3.63, 3.8) is 0 Å². The van der Waals surface area contributed by atoms with Crippen LogP contribution in [-0.2, 0) is 4.79 Å². The van der Waals surface area contributed by atoms with Gasteiger partial charge in [-0.15, -0.1) is 0 Å². The number of rotatable bonds is 2. The predicted octanol–water partition coefficient (Wildman–Crippen LogP) is 0.428. The van der Waals surface area contributed by atoms with E-state index in [0.717, 1.165) is 38.0 Å². The van der Waals surface area contributed by atoms with E-state index in [1.54, 1.807) is 0 Å². The Morgan fingerprint density at radius 3 is 2.95 bits per heavy atom. The Balaban J connectivity index is 1.42. The largest absolute Gasteiger partial charge is 0.341 e. The molecule has 2 saturated carbocycles. The normalized spacial score (nSPS) is 47.9. The fourth-order valence-corrected chi connectivity index (χ4v) is 5.15. The summed E-state index contributed by atoms with van der Waals surface area (Å²) >= 11 is 0. The Bertz CT molecular complexity index is 386. The molecule has 3 N–H and O–H groups in total. The summed E-state index contributed by atoms with van der Waals surface area (Å²) in [4.78, 5) is 14.9. The van der Waals surface area contributed by atoms with Gasteiger partial charge in [-0.3, -0.25) is 4.79 Å². The van der Waals surface area contributed by atoms with E-state index in [1.165, 1.54) is 25.7 Å². The summed E-state index contributed by atoms with van der Waals surface area (Å²) in [6.07, 6.45) is 5.14. The van der Waals surface area contributed by atoms with Crippen molar-refractivity contribution in [1.29, 1.82) is 0 Å². The number of nitrogens with one attached hydrogen (secondary N) is 1. The number of nitrogens with zero attached hydrogens (tertiary/aromatic N) is 1. The molecular weight excluding hydrogens is 238 g/mol. The molecule has 4 fully saturated rings. The minimum Gasteiger partial charge on any atom is -0.341 e. The lowest BCUT2D eigenvalue weighted by Crippen LogP contribution is -2.45. The second-order valence-electron chi connectivity index (χ2n) is 7.14. The number of carbonyl (C=O) groups is 1. The number of hydrogen-bond acceptors (Lipinski definition) is 3. The third-order valence-electron chi connectivity index (χ3n) is 6.33. The van der Waals surface area contributed by atoms with E-state index < -0.39 is 0 Å². The number of fused-ring (bicyclic) bond motifs is 2. The molecule has 4 nitrogen and oxygen atoms in total. The number of hydrogen-bond donors (Lipinski definition) is 2. The molecule has 2 aliphatic carbocycles. The van der Waals surface area contributed by atoms with Gasteiger partial charge in [0.1, 0.15) is 0 Å². The zero-order valence-electron chi connectivity index (χ0n) is 11.6. The van der Waals surface area contributed by atoms with Gasteiger partial charge in [0.05, 0.1) is 6.04 Å². The molecule has 19 heavy (non-hydrogen) atoms. The predicted molar refractivity (Wildman–Crippen MR) is 73.3 cm³/mol. The smallest absolute Gasteiger partial charge is 0.240 e. The van der Waals surface area contributed by atoms with Crippen molar-refractivity contribution in [3.8, 4) is 0 Å². The van der Waals surface area contributed by atoms with Crippen molar-refractivity contribution in [3.05, 3.63) is 0 Å². The number of carbonyl (C=O) groups excluding carboxylic acids is 1. The third kappa shape index (κ3) is 1.76. The fourth-order valence-electron chi connectivity index (χ4n) is 5.15. The Kier molecular flexibility index (Phi) is 2.85. The number of nitrogens with two attached hydrogens (primary N) is 1. The van der Waals surface area contributed by atoms with Gasteiger partial charge in [-0.2, -0.15) is 0 Å². The van der Waals surface area contributed by atoms with E-state index in [1.807, 2.05) is 0 Å². The highest BCUT2D eigenvalue weighted by Gasteiger charge is 2.50. The van der Waals surface area contributed by atoms with Gasteiger partial charge in [0.2, 0.25) is 5.91 Å². The molecule has 0 spiro atoms. The van der Waals surface area contributed by atoms with E-state index in [4.69, 9.17) is 5.73 Å². The lowest BCUT2D eigenvalue weighted by molar-refractivity contribution is -0.133. The average Bonchev–Trinajstić information content (AvgIpc) is 3.04. The summed E-state index contributed by atoms with van der Waals surface area (Å²) in [7, 11) is 0. The minimum atomic E-state index is 0.126. The van der Waals surface area contributed by atoms with E-state index in [0.29, 0.717) is 23.7 Å². The van der Waals surface area contributed by atoms with Gasteiger partial charge in [-0.05, 0) is 61.9 Å². The first-order valence-corrected chi connectivity index (χ1v) is 8.00. The highest BCUT2D eigenvalue weighted by atomic mass is 16.2. The standard InChI is InChI=1S/C15H25N3O/c16-5-10-4-11-7-18(8-13(10)11)15(19)14-12-3-1-2-9(12)6-17-14/h9-14,17H,1-8,16H2/t9-,10-,11-,12-,13-,14+/m0/s1. The second-order valence-corrected chi connectivity index (χ2v) is 7.14. The Morgan fingerprint density at radius 2 is 2.11 bits per heavy atom. The van der Waals surface area contributed by atoms with Gasteiger partial charge in [0.25, 0.3) is 0 Å². The fraction of sp³-hybridized carbons (Fsp3) is 0.933. The summed E-state index contributed by atoms with van der Waals surface area (Å²) in [5.41, 5.74) is 5.79. The van der Waals surface area contributed by atoms with Crippen molar-refractivity contribution < 1.29 is 4.79 Å². The highest BCUT2D eigenvalue weighted by molar-refractivity contribution is 5.83. The van der Waals surface area contributed by atoms with Gasteiger partial charge in [0.15, 0.2) is 0 Å². The molecule has 0 aromatic heterocycles. The van der Waals surface area contributed by atoms with Crippen LogP contribution in [0.15, 0.2) is 0 Å². The summed E-state index contributed by atoms with van der Waals surface area (Å²) in [5.74, 6) is 3.91. The summed E-state index contributed by atoms with van der Waals surface area (Å²) < 4.78 is 0. The zero-order chi connectivity index (χ0) is 13.0. The third-order valence-corrected chi connectivity index (χ3v) is 6.33. The topological polar surface area (TPSA) is 58.4 Å². The molecule has 0 aromatic carbocycles. The molecule has 1 amide bonds. The molecule has 2 aliphatic heterocycles. The Hall–Kier alpha value is -0.610. The maximum Gasteiger partial charge on any atom is 0.240 e. The molecular formula is C15H25N3O. The lowest BCUT2D eigenvalue weighted by atomic mass is 9.67. The van der Waals surface area contributed by atoms with Crippen molar-refractivity contribution >= 4 is 5.91 Å². The first kappa shape index (κ1) is 12.2. The van der Waals surface area contributed by atoms with Crippen LogP contribution >= 0.6 is 0 Å². The number of amides is 1. The van der Waals surface area contributed by atoms with Crippen LogP contribution in [0.4, 0.5) is 0 Å². The molecule has 0 unspecified atom stereocenters. The van der Waals surface area contributed by atoms with Crippen molar-refractivity contribution in [2.75, 3.05) is 26.2 Å². The van der Waals surface area contributed by atoms with Gasteiger partial charge >= 0.3 is 0 Å². The number of likely N-dealkylation sites (tertiary alicyclic amines) is 1. The van der Waals surface area contributed by atoms with Crippen LogP contribution in [0.1, 0.15) is 25.7 Å². The molecule has 6 atom stereocenters. The van der Waals surface area contributed by atoms with Crippen LogP contribution in [-0.4, -0.2) is 43.0 Å². The van der Waals surface area contributed by atoms with Gasteiger partial charge in [-0.1, -0.05) is 6.42 Å². The molecule has 4 rings (SSSR count). The van der Waals surface area contributed by atoms with E-state index in [9.17, 15) is 4.79 Å². The monoisotopic (exact) mass is 263 g/mol. The van der Waals surface area contributed by atoms with Crippen LogP contribution in [0, 0.1) is 29.6 Å². The Morgan fingerprint density at radius 1 is 1.21 bits per heavy atom. The summed E-state index contributed by atoms with van der Waals surface area (Å²) in [5, 5.41) is 3.49. The van der Waals surface area contributed by atoms with Crippen LogP contribution in [0.2, 0.25) is 0 Å². The van der Waals surface area contributed by atoms with Gasteiger partial charge in [-0.25, -0.2) is 0 Å².